The van der Waals surface area contributed by atoms with Gasteiger partial charge in [0.1, 0.15) is 5.82 Å². The standard InChI is InChI=1S/C14H14BrFN2/c1-17-14(13-4-2-3-7-18-13)9-10-8-11(15)5-6-12(10)16/h2-8,14,17H,9H2,1H3. The summed E-state index contributed by atoms with van der Waals surface area (Å²) in [7, 11) is 1.86. The van der Waals surface area contributed by atoms with Crippen molar-refractivity contribution in [3.05, 3.63) is 64.1 Å². The molecule has 18 heavy (non-hydrogen) atoms. The summed E-state index contributed by atoms with van der Waals surface area (Å²) in [6.45, 7) is 0. The molecule has 0 bridgehead atoms. The number of pyridine rings is 1. The second kappa shape index (κ2) is 6.07. The summed E-state index contributed by atoms with van der Waals surface area (Å²) in [5.74, 6) is -0.186. The number of nitrogens with zero attached hydrogens (tertiary/aromatic N) is 1. The Hall–Kier alpha value is -1.26. The Kier molecular flexibility index (Phi) is 4.44. The lowest BCUT2D eigenvalue weighted by molar-refractivity contribution is 0.544. The predicted octanol–water partition coefficient (Wildman–Crippen LogP) is 3.49. The number of nitrogens with one attached hydrogen (secondary N) is 1. The van der Waals surface area contributed by atoms with E-state index in [1.807, 2.05) is 31.3 Å². The Morgan fingerprint density at radius 2 is 2.17 bits per heavy atom. The molecule has 1 unspecified atom stereocenters. The maximum absolute atomic E-state index is 13.7. The van der Waals surface area contributed by atoms with Gasteiger partial charge in [-0.15, -0.1) is 0 Å². The van der Waals surface area contributed by atoms with Crippen LogP contribution in [0.25, 0.3) is 0 Å². The molecule has 0 aliphatic rings. The van der Waals surface area contributed by atoms with Gasteiger partial charge in [-0.25, -0.2) is 4.39 Å². The van der Waals surface area contributed by atoms with E-state index in [1.165, 1.54) is 6.07 Å². The van der Waals surface area contributed by atoms with Crippen molar-refractivity contribution in [2.24, 2.45) is 0 Å². The topological polar surface area (TPSA) is 24.9 Å². The average molecular weight is 309 g/mol. The maximum atomic E-state index is 13.7. The summed E-state index contributed by atoms with van der Waals surface area (Å²) < 4.78 is 14.6. The number of aromatic nitrogens is 1. The van der Waals surface area contributed by atoms with Crippen molar-refractivity contribution in [1.29, 1.82) is 0 Å². The van der Waals surface area contributed by atoms with Gasteiger partial charge < -0.3 is 5.32 Å². The van der Waals surface area contributed by atoms with Gasteiger partial charge in [-0.2, -0.15) is 0 Å². The molecule has 1 aromatic heterocycles. The molecule has 0 radical (unpaired) electrons. The third-order valence-corrected chi connectivity index (χ3v) is 3.32. The first-order valence-corrected chi connectivity index (χ1v) is 6.52. The molecule has 0 saturated heterocycles. The second-order valence-corrected chi connectivity index (χ2v) is 4.95. The van der Waals surface area contributed by atoms with E-state index in [9.17, 15) is 4.39 Å². The normalized spacial score (nSPS) is 12.4. The largest absolute Gasteiger partial charge is 0.311 e. The Bertz CT molecular complexity index is 516. The Balaban J connectivity index is 2.23. The molecule has 1 heterocycles. The highest BCUT2D eigenvalue weighted by Crippen LogP contribution is 2.21. The molecule has 1 atom stereocenters. The fourth-order valence-electron chi connectivity index (χ4n) is 1.86. The average Bonchev–Trinajstić information content (AvgIpc) is 2.41. The van der Waals surface area contributed by atoms with Crippen molar-refractivity contribution in [1.82, 2.24) is 10.3 Å². The highest BCUT2D eigenvalue weighted by Gasteiger charge is 2.13. The first-order valence-electron chi connectivity index (χ1n) is 5.73. The van der Waals surface area contributed by atoms with Crippen molar-refractivity contribution in [3.63, 3.8) is 0 Å². The lowest BCUT2D eigenvalue weighted by Crippen LogP contribution is -2.20. The highest BCUT2D eigenvalue weighted by atomic mass is 79.9. The van der Waals surface area contributed by atoms with Crippen molar-refractivity contribution in [3.8, 4) is 0 Å². The smallest absolute Gasteiger partial charge is 0.126 e. The van der Waals surface area contributed by atoms with E-state index in [4.69, 9.17) is 0 Å². The molecule has 0 amide bonds. The lowest BCUT2D eigenvalue weighted by Gasteiger charge is -2.16. The monoisotopic (exact) mass is 308 g/mol. The van der Waals surface area contributed by atoms with Crippen LogP contribution in [0.2, 0.25) is 0 Å². The highest BCUT2D eigenvalue weighted by molar-refractivity contribution is 9.10. The molecule has 0 spiro atoms. The van der Waals surface area contributed by atoms with Crippen LogP contribution in [0.15, 0.2) is 47.1 Å². The van der Waals surface area contributed by atoms with Gasteiger partial charge >= 0.3 is 0 Å². The first-order chi connectivity index (χ1) is 8.70. The molecule has 0 saturated carbocycles. The molecule has 1 N–H and O–H groups in total. The van der Waals surface area contributed by atoms with Crippen LogP contribution >= 0.6 is 15.9 Å². The van der Waals surface area contributed by atoms with Crippen LogP contribution in [0.1, 0.15) is 17.3 Å². The Morgan fingerprint density at radius 1 is 1.33 bits per heavy atom. The van der Waals surface area contributed by atoms with E-state index in [-0.39, 0.29) is 11.9 Å². The van der Waals surface area contributed by atoms with Gasteiger partial charge in [-0.05, 0) is 49.4 Å². The summed E-state index contributed by atoms with van der Waals surface area (Å²) in [6, 6.07) is 10.7. The zero-order valence-corrected chi connectivity index (χ0v) is 11.6. The number of halogens is 2. The minimum Gasteiger partial charge on any atom is -0.311 e. The molecule has 94 valence electrons. The van der Waals surface area contributed by atoms with Crippen LogP contribution < -0.4 is 5.32 Å². The molecule has 0 fully saturated rings. The van der Waals surface area contributed by atoms with Gasteiger partial charge in [0.2, 0.25) is 0 Å². The number of likely N-dealkylation sites (N-methyl/N-ethyl adjacent to an activating group) is 1. The molecule has 2 rings (SSSR count). The van der Waals surface area contributed by atoms with Crippen molar-refractivity contribution in [2.45, 2.75) is 12.5 Å². The molecule has 0 aliphatic carbocycles. The van der Waals surface area contributed by atoms with Crippen LogP contribution in [0.5, 0.6) is 0 Å². The number of hydrogen-bond donors (Lipinski definition) is 1. The summed E-state index contributed by atoms with van der Waals surface area (Å²) in [5, 5.41) is 3.17. The predicted molar refractivity (Wildman–Crippen MR) is 73.8 cm³/mol. The molecule has 2 nitrogen and oxygen atoms in total. The fraction of sp³-hybridized carbons (Fsp3) is 0.214. The second-order valence-electron chi connectivity index (χ2n) is 4.04. The van der Waals surface area contributed by atoms with Gasteiger partial charge in [-0.3, -0.25) is 4.98 Å². The van der Waals surface area contributed by atoms with Crippen LogP contribution in [0.4, 0.5) is 4.39 Å². The van der Waals surface area contributed by atoms with Gasteiger partial charge in [0, 0.05) is 10.7 Å². The summed E-state index contributed by atoms with van der Waals surface area (Å²) in [4.78, 5) is 4.30. The maximum Gasteiger partial charge on any atom is 0.126 e. The van der Waals surface area contributed by atoms with E-state index >= 15 is 0 Å². The SMILES string of the molecule is CNC(Cc1cc(Br)ccc1F)c1ccccn1. The van der Waals surface area contributed by atoms with Gasteiger partial charge in [0.25, 0.3) is 0 Å². The fourth-order valence-corrected chi connectivity index (χ4v) is 2.26. The number of benzene rings is 1. The molecule has 4 heteroatoms. The molecular weight excluding hydrogens is 295 g/mol. The summed E-state index contributed by atoms with van der Waals surface area (Å²) in [6.07, 6.45) is 2.32. The zero-order chi connectivity index (χ0) is 13.0. The van der Waals surface area contributed by atoms with E-state index in [0.717, 1.165) is 10.2 Å². The minimum atomic E-state index is -0.186. The van der Waals surface area contributed by atoms with Crippen LogP contribution in [0, 0.1) is 5.82 Å². The van der Waals surface area contributed by atoms with E-state index in [2.05, 4.69) is 26.2 Å². The molecule has 0 aliphatic heterocycles. The summed E-state index contributed by atoms with van der Waals surface area (Å²) in [5.41, 5.74) is 1.59. The van der Waals surface area contributed by atoms with Crippen LogP contribution in [-0.4, -0.2) is 12.0 Å². The number of hydrogen-bond acceptors (Lipinski definition) is 2. The van der Waals surface area contributed by atoms with Crippen molar-refractivity contribution >= 4 is 15.9 Å². The van der Waals surface area contributed by atoms with Crippen molar-refractivity contribution in [2.75, 3.05) is 7.05 Å². The quantitative estimate of drug-likeness (QED) is 0.935. The number of rotatable bonds is 4. The zero-order valence-electron chi connectivity index (χ0n) is 10.0. The minimum absolute atomic E-state index is 0.00926. The van der Waals surface area contributed by atoms with Gasteiger partial charge in [0.05, 0.1) is 11.7 Å². The third-order valence-electron chi connectivity index (χ3n) is 2.83. The lowest BCUT2D eigenvalue weighted by atomic mass is 10.0. The molecule has 2 aromatic rings. The van der Waals surface area contributed by atoms with Crippen molar-refractivity contribution < 1.29 is 4.39 Å². The van der Waals surface area contributed by atoms with Crippen LogP contribution in [-0.2, 0) is 6.42 Å². The molecular formula is C14H14BrFN2. The van der Waals surface area contributed by atoms with Gasteiger partial charge in [-0.1, -0.05) is 22.0 Å². The Morgan fingerprint density at radius 3 is 2.83 bits per heavy atom. The molecule has 1 aromatic carbocycles. The van der Waals surface area contributed by atoms with E-state index < -0.39 is 0 Å². The first kappa shape index (κ1) is 13.2. The van der Waals surface area contributed by atoms with E-state index in [1.54, 1.807) is 12.3 Å². The van der Waals surface area contributed by atoms with Crippen LogP contribution in [0.3, 0.4) is 0 Å². The van der Waals surface area contributed by atoms with E-state index in [0.29, 0.717) is 12.0 Å². The van der Waals surface area contributed by atoms with Gasteiger partial charge in [0.15, 0.2) is 0 Å². The summed E-state index contributed by atoms with van der Waals surface area (Å²) >= 11 is 3.36. The Labute approximate surface area is 114 Å². The third kappa shape index (κ3) is 3.15.